The van der Waals surface area contributed by atoms with Crippen LogP contribution in [0.4, 0.5) is 5.13 Å². The fourth-order valence-corrected chi connectivity index (χ4v) is 4.07. The first-order valence-electron chi connectivity index (χ1n) is 9.57. The predicted octanol–water partition coefficient (Wildman–Crippen LogP) is 1.69. The molecule has 3 aromatic rings. The molecule has 1 aliphatic heterocycles. The number of nitrogens with zero attached hydrogens (tertiary/aromatic N) is 2. The average molecular weight is 412 g/mol. The minimum absolute atomic E-state index is 0.0596. The van der Waals surface area contributed by atoms with Crippen LogP contribution in [0.25, 0.3) is 11.3 Å². The predicted molar refractivity (Wildman–Crippen MR) is 111 cm³/mol. The molecule has 1 aliphatic rings. The Labute approximate surface area is 173 Å². The molecule has 4 rings (SSSR count). The molecule has 1 saturated heterocycles. The third-order valence-electron chi connectivity index (χ3n) is 5.00. The standard InChI is InChI=1S/C21H22N4O3S/c1-15-4-6-16(7-5-15)17-14-29-21(22-17)23-19(26)13-24-8-10-25(11-9-24)20(27)18-3-2-12-28-18/h2-7,12,14H,8-11,13H2,1H3,(H,22,23,26)/p+1. The lowest BCUT2D eigenvalue weighted by Gasteiger charge is -2.31. The Bertz CT molecular complexity index is 974. The van der Waals surface area contributed by atoms with E-state index in [2.05, 4.69) is 10.3 Å². The summed E-state index contributed by atoms with van der Waals surface area (Å²) in [7, 11) is 0. The van der Waals surface area contributed by atoms with E-state index in [4.69, 9.17) is 4.42 Å². The summed E-state index contributed by atoms with van der Waals surface area (Å²) in [5.74, 6) is 0.208. The molecular weight excluding hydrogens is 388 g/mol. The molecule has 3 heterocycles. The number of amides is 2. The molecule has 0 spiro atoms. The zero-order valence-electron chi connectivity index (χ0n) is 16.2. The van der Waals surface area contributed by atoms with Crippen LogP contribution in [0.2, 0.25) is 0 Å². The zero-order chi connectivity index (χ0) is 20.2. The highest BCUT2D eigenvalue weighted by atomic mass is 32.1. The zero-order valence-corrected chi connectivity index (χ0v) is 17.0. The monoisotopic (exact) mass is 411 g/mol. The fourth-order valence-electron chi connectivity index (χ4n) is 3.34. The van der Waals surface area contributed by atoms with Gasteiger partial charge in [-0.25, -0.2) is 4.98 Å². The molecular formula is C21H23N4O3S+. The number of nitrogens with one attached hydrogen (secondary N) is 2. The van der Waals surface area contributed by atoms with Crippen LogP contribution in [0.5, 0.6) is 0 Å². The van der Waals surface area contributed by atoms with Crippen molar-refractivity contribution in [3.8, 4) is 11.3 Å². The second kappa shape index (κ2) is 8.59. The number of carbonyl (C=O) groups excluding carboxylic acids is 2. The first-order chi connectivity index (χ1) is 14.1. The van der Waals surface area contributed by atoms with Crippen LogP contribution >= 0.6 is 11.3 Å². The number of carbonyl (C=O) groups is 2. The van der Waals surface area contributed by atoms with Crippen LogP contribution in [-0.2, 0) is 4.79 Å². The van der Waals surface area contributed by atoms with Gasteiger partial charge in [-0.2, -0.15) is 0 Å². The van der Waals surface area contributed by atoms with Crippen molar-refractivity contribution in [2.24, 2.45) is 0 Å². The highest BCUT2D eigenvalue weighted by molar-refractivity contribution is 7.14. The van der Waals surface area contributed by atoms with Crippen molar-refractivity contribution in [1.82, 2.24) is 9.88 Å². The van der Waals surface area contributed by atoms with E-state index < -0.39 is 0 Å². The number of furan rings is 1. The van der Waals surface area contributed by atoms with E-state index in [0.717, 1.165) is 29.2 Å². The Balaban J connectivity index is 1.26. The van der Waals surface area contributed by atoms with E-state index in [-0.39, 0.29) is 11.8 Å². The number of benzene rings is 1. The van der Waals surface area contributed by atoms with Crippen molar-refractivity contribution in [2.45, 2.75) is 6.92 Å². The van der Waals surface area contributed by atoms with Crippen molar-refractivity contribution in [1.29, 1.82) is 0 Å². The molecule has 29 heavy (non-hydrogen) atoms. The van der Waals surface area contributed by atoms with E-state index in [0.29, 0.717) is 30.5 Å². The highest BCUT2D eigenvalue weighted by Crippen LogP contribution is 2.24. The number of hydrogen-bond acceptors (Lipinski definition) is 5. The van der Waals surface area contributed by atoms with Crippen molar-refractivity contribution in [3.63, 3.8) is 0 Å². The maximum absolute atomic E-state index is 12.4. The molecule has 0 unspecified atom stereocenters. The molecule has 0 saturated carbocycles. The summed E-state index contributed by atoms with van der Waals surface area (Å²) in [5.41, 5.74) is 3.10. The quantitative estimate of drug-likeness (QED) is 0.670. The van der Waals surface area contributed by atoms with Crippen molar-refractivity contribution in [3.05, 3.63) is 59.4 Å². The SMILES string of the molecule is Cc1ccc(-c2csc(NC(=O)C[NH+]3CCN(C(=O)c4ccco4)CC3)n2)cc1. The Morgan fingerprint density at radius 2 is 1.97 bits per heavy atom. The van der Waals surface area contributed by atoms with Gasteiger partial charge in [0.2, 0.25) is 0 Å². The van der Waals surface area contributed by atoms with Crippen LogP contribution in [0.15, 0.2) is 52.5 Å². The van der Waals surface area contributed by atoms with Crippen LogP contribution in [0, 0.1) is 6.92 Å². The number of rotatable bonds is 5. The minimum atomic E-state index is -0.0927. The molecule has 1 aromatic carbocycles. The largest absolute Gasteiger partial charge is 0.459 e. The van der Waals surface area contributed by atoms with E-state index in [1.807, 2.05) is 36.6 Å². The summed E-state index contributed by atoms with van der Waals surface area (Å²) in [6, 6.07) is 11.5. The molecule has 2 amide bonds. The summed E-state index contributed by atoms with van der Waals surface area (Å²) < 4.78 is 5.18. The van der Waals surface area contributed by atoms with Crippen LogP contribution in [0.3, 0.4) is 0 Å². The van der Waals surface area contributed by atoms with Gasteiger partial charge in [0.25, 0.3) is 11.8 Å². The maximum atomic E-state index is 12.4. The Morgan fingerprint density at radius 1 is 1.21 bits per heavy atom. The molecule has 0 atom stereocenters. The van der Waals surface area contributed by atoms with Gasteiger partial charge in [-0.05, 0) is 19.1 Å². The van der Waals surface area contributed by atoms with E-state index >= 15 is 0 Å². The molecule has 2 aromatic heterocycles. The van der Waals surface area contributed by atoms with Crippen LogP contribution < -0.4 is 10.2 Å². The van der Waals surface area contributed by atoms with Gasteiger partial charge in [-0.3, -0.25) is 14.9 Å². The van der Waals surface area contributed by atoms with Gasteiger partial charge in [0.05, 0.1) is 38.1 Å². The second-order valence-corrected chi connectivity index (χ2v) is 8.01. The number of thiazole rings is 1. The van der Waals surface area contributed by atoms with Gasteiger partial charge in [-0.15, -0.1) is 11.3 Å². The van der Waals surface area contributed by atoms with Gasteiger partial charge in [0.15, 0.2) is 17.4 Å². The minimum Gasteiger partial charge on any atom is -0.459 e. The molecule has 150 valence electrons. The lowest BCUT2D eigenvalue weighted by atomic mass is 10.1. The van der Waals surface area contributed by atoms with E-state index in [1.165, 1.54) is 23.2 Å². The molecule has 2 N–H and O–H groups in total. The van der Waals surface area contributed by atoms with Crippen LogP contribution in [0.1, 0.15) is 16.1 Å². The number of quaternary nitrogens is 1. The van der Waals surface area contributed by atoms with Gasteiger partial charge >= 0.3 is 0 Å². The van der Waals surface area contributed by atoms with Crippen molar-refractivity contribution < 1.29 is 18.9 Å². The maximum Gasteiger partial charge on any atom is 0.289 e. The summed E-state index contributed by atoms with van der Waals surface area (Å²) in [5, 5.41) is 5.46. The topological polar surface area (TPSA) is 79.9 Å². The third kappa shape index (κ3) is 4.72. The Morgan fingerprint density at radius 3 is 2.66 bits per heavy atom. The lowest BCUT2D eigenvalue weighted by Crippen LogP contribution is -3.15. The molecule has 1 fully saturated rings. The van der Waals surface area contributed by atoms with Crippen molar-refractivity contribution in [2.75, 3.05) is 38.0 Å². The second-order valence-electron chi connectivity index (χ2n) is 7.15. The number of anilines is 1. The molecule has 0 bridgehead atoms. The Kier molecular flexibility index (Phi) is 5.73. The number of hydrogen-bond donors (Lipinski definition) is 2. The molecule has 8 heteroatoms. The first kappa shape index (κ1) is 19.4. The van der Waals surface area contributed by atoms with Gasteiger partial charge in [0, 0.05) is 10.9 Å². The number of aromatic nitrogens is 1. The van der Waals surface area contributed by atoms with E-state index in [9.17, 15) is 9.59 Å². The summed E-state index contributed by atoms with van der Waals surface area (Å²) in [6.45, 7) is 5.08. The molecule has 7 nitrogen and oxygen atoms in total. The normalized spacial score (nSPS) is 14.7. The average Bonchev–Trinajstić information content (AvgIpc) is 3.41. The smallest absolute Gasteiger partial charge is 0.289 e. The molecule has 0 radical (unpaired) electrons. The van der Waals surface area contributed by atoms with Gasteiger partial charge < -0.3 is 14.2 Å². The first-order valence-corrected chi connectivity index (χ1v) is 10.5. The van der Waals surface area contributed by atoms with Gasteiger partial charge in [0.1, 0.15) is 0 Å². The fraction of sp³-hybridized carbons (Fsp3) is 0.286. The van der Waals surface area contributed by atoms with Crippen molar-refractivity contribution >= 4 is 28.3 Å². The van der Waals surface area contributed by atoms with Gasteiger partial charge in [-0.1, -0.05) is 29.8 Å². The third-order valence-corrected chi connectivity index (χ3v) is 5.76. The summed E-state index contributed by atoms with van der Waals surface area (Å²) in [6.07, 6.45) is 1.50. The molecule has 0 aliphatic carbocycles. The van der Waals surface area contributed by atoms with E-state index in [1.54, 1.807) is 17.0 Å². The number of aryl methyl sites for hydroxylation is 1. The summed E-state index contributed by atoms with van der Waals surface area (Å²) >= 11 is 1.43. The van der Waals surface area contributed by atoms with Crippen LogP contribution in [-0.4, -0.2) is 54.4 Å². The highest BCUT2D eigenvalue weighted by Gasteiger charge is 2.27. The lowest BCUT2D eigenvalue weighted by molar-refractivity contribution is -0.895. The Hall–Kier alpha value is -2.97. The summed E-state index contributed by atoms with van der Waals surface area (Å²) in [4.78, 5) is 32.2. The number of piperazine rings is 1.